The van der Waals surface area contributed by atoms with Crippen LogP contribution in [0.5, 0.6) is 0 Å². The van der Waals surface area contributed by atoms with Crippen LogP contribution in [-0.2, 0) is 4.74 Å². The third-order valence-corrected chi connectivity index (χ3v) is 3.25. The predicted molar refractivity (Wildman–Crippen MR) is 43.7 cm³/mol. The van der Waals surface area contributed by atoms with Gasteiger partial charge in [0.15, 0.2) is 0 Å². The van der Waals surface area contributed by atoms with Gasteiger partial charge in [0.25, 0.3) is 0 Å². The van der Waals surface area contributed by atoms with Crippen LogP contribution in [0.1, 0.15) is 19.3 Å². The lowest BCUT2D eigenvalue weighted by Crippen LogP contribution is -2.16. The summed E-state index contributed by atoms with van der Waals surface area (Å²) in [5, 5.41) is 17.9. The van der Waals surface area contributed by atoms with Crippen LogP contribution in [0, 0.1) is 11.8 Å². The van der Waals surface area contributed by atoms with Crippen molar-refractivity contribution in [3.63, 3.8) is 0 Å². The third kappa shape index (κ3) is 1.26. The molecule has 2 unspecified atom stereocenters. The summed E-state index contributed by atoms with van der Waals surface area (Å²) in [5.74, 6) is 0.929. The summed E-state index contributed by atoms with van der Waals surface area (Å²) in [4.78, 5) is 0. The molecule has 2 rings (SSSR count). The second kappa shape index (κ2) is 3.32. The van der Waals surface area contributed by atoms with E-state index < -0.39 is 0 Å². The van der Waals surface area contributed by atoms with Gasteiger partial charge < -0.3 is 14.9 Å². The van der Waals surface area contributed by atoms with Crippen LogP contribution in [-0.4, -0.2) is 35.6 Å². The molecule has 0 bridgehead atoms. The molecule has 70 valence electrons. The lowest BCUT2D eigenvalue weighted by molar-refractivity contribution is 0.00880. The maximum Gasteiger partial charge on any atom is 0.0813 e. The molecule has 1 saturated carbocycles. The van der Waals surface area contributed by atoms with Gasteiger partial charge in [-0.15, -0.1) is 0 Å². The summed E-state index contributed by atoms with van der Waals surface area (Å²) >= 11 is 0. The topological polar surface area (TPSA) is 49.7 Å². The molecular formula is C9H16O3. The monoisotopic (exact) mass is 172 g/mol. The molecule has 0 aromatic rings. The molecule has 0 spiro atoms. The zero-order chi connectivity index (χ0) is 8.55. The summed E-state index contributed by atoms with van der Waals surface area (Å²) in [6.07, 6.45) is 3.44. The summed E-state index contributed by atoms with van der Waals surface area (Å²) in [6, 6.07) is 0. The van der Waals surface area contributed by atoms with Crippen LogP contribution in [0.2, 0.25) is 0 Å². The zero-order valence-electron chi connectivity index (χ0n) is 7.15. The number of hydrogen-bond donors (Lipinski definition) is 2. The van der Waals surface area contributed by atoms with Gasteiger partial charge in [0.2, 0.25) is 0 Å². The molecule has 1 aliphatic heterocycles. The first-order chi connectivity index (χ1) is 5.85. The van der Waals surface area contributed by atoms with Crippen molar-refractivity contribution in [2.75, 3.05) is 13.2 Å². The molecule has 1 saturated heterocycles. The van der Waals surface area contributed by atoms with Crippen molar-refractivity contribution in [1.29, 1.82) is 0 Å². The molecule has 0 radical (unpaired) electrons. The molecule has 12 heavy (non-hydrogen) atoms. The lowest BCUT2D eigenvalue weighted by Gasteiger charge is -2.13. The number of hydrogen-bond acceptors (Lipinski definition) is 3. The van der Waals surface area contributed by atoms with Crippen LogP contribution < -0.4 is 0 Å². The van der Waals surface area contributed by atoms with Crippen molar-refractivity contribution >= 4 is 0 Å². The van der Waals surface area contributed by atoms with Gasteiger partial charge in [-0.25, -0.2) is 0 Å². The van der Waals surface area contributed by atoms with Gasteiger partial charge in [0.1, 0.15) is 0 Å². The van der Waals surface area contributed by atoms with E-state index in [1.807, 2.05) is 0 Å². The molecule has 1 heterocycles. The van der Waals surface area contributed by atoms with E-state index in [-0.39, 0.29) is 19.3 Å². The highest BCUT2D eigenvalue weighted by Crippen LogP contribution is 2.42. The van der Waals surface area contributed by atoms with E-state index in [2.05, 4.69) is 0 Å². The summed E-state index contributed by atoms with van der Waals surface area (Å²) < 4.78 is 5.61. The lowest BCUT2D eigenvalue weighted by atomic mass is 9.92. The first-order valence-corrected chi connectivity index (χ1v) is 4.72. The van der Waals surface area contributed by atoms with Crippen molar-refractivity contribution in [2.45, 2.75) is 31.5 Å². The van der Waals surface area contributed by atoms with E-state index in [4.69, 9.17) is 14.9 Å². The quantitative estimate of drug-likeness (QED) is 0.623. The SMILES string of the molecule is OCC1C[C@H]2C(CO)CC[C@H]2O1. The number of aliphatic hydroxyl groups excluding tert-OH is 2. The summed E-state index contributed by atoms with van der Waals surface area (Å²) in [6.45, 7) is 0.411. The van der Waals surface area contributed by atoms with E-state index in [0.717, 1.165) is 19.3 Å². The minimum atomic E-state index is 0.0364. The van der Waals surface area contributed by atoms with Crippen molar-refractivity contribution in [1.82, 2.24) is 0 Å². The third-order valence-electron chi connectivity index (χ3n) is 3.25. The van der Waals surface area contributed by atoms with Gasteiger partial charge in [-0.05, 0) is 31.1 Å². The van der Waals surface area contributed by atoms with E-state index in [0.29, 0.717) is 17.9 Å². The number of rotatable bonds is 2. The molecule has 2 N–H and O–H groups in total. The Hall–Kier alpha value is -0.120. The molecule has 2 aliphatic rings. The molecule has 3 heteroatoms. The summed E-state index contributed by atoms with van der Waals surface area (Å²) in [7, 11) is 0. The molecular weight excluding hydrogens is 156 g/mol. The Balaban J connectivity index is 1.96. The fraction of sp³-hybridized carbons (Fsp3) is 1.00. The van der Waals surface area contributed by atoms with Gasteiger partial charge in [-0.1, -0.05) is 0 Å². The maximum absolute atomic E-state index is 9.05. The van der Waals surface area contributed by atoms with Crippen molar-refractivity contribution in [3.8, 4) is 0 Å². The van der Waals surface area contributed by atoms with Crippen molar-refractivity contribution in [3.05, 3.63) is 0 Å². The van der Waals surface area contributed by atoms with Gasteiger partial charge in [0.05, 0.1) is 18.8 Å². The first kappa shape index (κ1) is 8.48. The van der Waals surface area contributed by atoms with Crippen LogP contribution in [0.4, 0.5) is 0 Å². The van der Waals surface area contributed by atoms with Crippen molar-refractivity contribution < 1.29 is 14.9 Å². The van der Waals surface area contributed by atoms with Gasteiger partial charge in [0, 0.05) is 6.61 Å². The van der Waals surface area contributed by atoms with E-state index >= 15 is 0 Å². The Bertz CT molecular complexity index is 160. The van der Waals surface area contributed by atoms with Gasteiger partial charge >= 0.3 is 0 Å². The number of fused-ring (bicyclic) bond motifs is 1. The van der Waals surface area contributed by atoms with E-state index in [1.165, 1.54) is 0 Å². The van der Waals surface area contributed by atoms with E-state index in [9.17, 15) is 0 Å². The molecule has 2 fully saturated rings. The van der Waals surface area contributed by atoms with Crippen LogP contribution >= 0.6 is 0 Å². The normalized spacial score (nSPS) is 46.5. The highest BCUT2D eigenvalue weighted by atomic mass is 16.5. The first-order valence-electron chi connectivity index (χ1n) is 4.72. The second-order valence-electron chi connectivity index (χ2n) is 3.90. The molecule has 4 atom stereocenters. The fourth-order valence-corrected chi connectivity index (χ4v) is 2.57. The molecule has 0 amide bonds. The summed E-state index contributed by atoms with van der Waals surface area (Å²) in [5.41, 5.74) is 0. The number of aliphatic hydroxyl groups is 2. The smallest absolute Gasteiger partial charge is 0.0813 e. The van der Waals surface area contributed by atoms with E-state index in [1.54, 1.807) is 0 Å². The molecule has 3 nitrogen and oxygen atoms in total. The second-order valence-corrected chi connectivity index (χ2v) is 3.90. The number of ether oxygens (including phenoxy) is 1. The van der Waals surface area contributed by atoms with Crippen LogP contribution in [0.25, 0.3) is 0 Å². The predicted octanol–water partition coefficient (Wildman–Crippen LogP) is 0.155. The highest BCUT2D eigenvalue weighted by Gasteiger charge is 2.43. The fourth-order valence-electron chi connectivity index (χ4n) is 2.57. The maximum atomic E-state index is 9.05. The minimum absolute atomic E-state index is 0.0364. The highest BCUT2D eigenvalue weighted by molar-refractivity contribution is 4.92. The minimum Gasteiger partial charge on any atom is -0.396 e. The Morgan fingerprint density at radius 3 is 2.67 bits per heavy atom. The Morgan fingerprint density at radius 2 is 2.00 bits per heavy atom. The molecule has 0 aromatic heterocycles. The largest absolute Gasteiger partial charge is 0.396 e. The Morgan fingerprint density at radius 1 is 1.17 bits per heavy atom. The zero-order valence-corrected chi connectivity index (χ0v) is 7.15. The van der Waals surface area contributed by atoms with Crippen LogP contribution in [0.3, 0.4) is 0 Å². The average molecular weight is 172 g/mol. The van der Waals surface area contributed by atoms with Gasteiger partial charge in [-0.2, -0.15) is 0 Å². The standard InChI is InChI=1S/C9H16O3/c10-4-6-1-2-9-8(6)3-7(5-11)12-9/h6-11H,1-5H2/t6?,7?,8-,9+/m0/s1. The molecule has 1 aliphatic carbocycles. The van der Waals surface area contributed by atoms with Crippen LogP contribution in [0.15, 0.2) is 0 Å². The average Bonchev–Trinajstić information content (AvgIpc) is 2.61. The van der Waals surface area contributed by atoms with Gasteiger partial charge in [-0.3, -0.25) is 0 Å². The van der Waals surface area contributed by atoms with Crippen molar-refractivity contribution in [2.24, 2.45) is 11.8 Å². The Labute approximate surface area is 72.3 Å². The molecule has 0 aromatic carbocycles. The Kier molecular flexibility index (Phi) is 2.35.